The van der Waals surface area contributed by atoms with Gasteiger partial charge >= 0.3 is 0 Å². The number of aliphatic hydroxyl groups excluding tert-OH is 1. The maximum absolute atomic E-state index is 7.64. The van der Waals surface area contributed by atoms with Crippen molar-refractivity contribution in [1.82, 2.24) is 0 Å². The Balaban J connectivity index is -0.00000000848. The van der Waals surface area contributed by atoms with E-state index in [0.29, 0.717) is 0 Å². The first kappa shape index (κ1) is 44.3. The Kier molecular flexibility index (Phi) is 206. The summed E-state index contributed by atoms with van der Waals surface area (Å²) in [5.74, 6) is -0.333. The van der Waals surface area contributed by atoms with Gasteiger partial charge in [0.2, 0.25) is 0 Å². The van der Waals surface area contributed by atoms with Crippen LogP contribution in [0.15, 0.2) is 0 Å². The molecule has 0 amide bonds. The van der Waals surface area contributed by atoms with Crippen molar-refractivity contribution in [1.29, 1.82) is 10.7 Å². The van der Waals surface area contributed by atoms with Crippen LogP contribution in [0.4, 0.5) is 0 Å². The minimum Gasteiger partial charge on any atom is -0.497 e. The molecule has 0 atom stereocenters. The number of nitriles is 1. The zero-order valence-corrected chi connectivity index (χ0v) is 8.96. The predicted octanol–water partition coefficient (Wildman–Crippen LogP) is 2.76. The zero-order valence-electron chi connectivity index (χ0n) is 5.21. The van der Waals surface area contributed by atoms with Crippen LogP contribution in [0.2, 0.25) is 0 Å². The third kappa shape index (κ3) is 165000. The van der Waals surface area contributed by atoms with E-state index in [1.54, 1.807) is 6.07 Å². The number of rotatable bonds is 0. The van der Waals surface area contributed by atoms with Gasteiger partial charge in [-0.3, -0.25) is 5.41 Å². The summed E-state index contributed by atoms with van der Waals surface area (Å²) in [6, 6.07) is 1.75. The average Bonchev–Trinajstić information content (AvgIpc) is 1.33. The third-order valence-electron chi connectivity index (χ3n) is 0. The van der Waals surface area contributed by atoms with E-state index in [9.17, 15) is 0 Å². The van der Waals surface area contributed by atoms with Crippen LogP contribution in [0.5, 0.6) is 0 Å². The molecule has 5 heteroatoms. The number of halogens is 1. The number of hydrogen-bond donors (Lipinski definition) is 2. The van der Waals surface area contributed by atoms with Crippen molar-refractivity contribution >= 4 is 18.3 Å². The summed E-state index contributed by atoms with van der Waals surface area (Å²) >= 11 is 0. The van der Waals surface area contributed by atoms with Crippen molar-refractivity contribution in [3.63, 3.8) is 0 Å². The monoisotopic (exact) mass is 352 g/mol. The van der Waals surface area contributed by atoms with E-state index < -0.39 is 0 Å². The van der Waals surface area contributed by atoms with E-state index in [1.165, 1.54) is 13.8 Å². The molecule has 0 aliphatic carbocycles. The largest absolute Gasteiger partial charge is 0.497 e. The molecule has 0 heterocycles. The van der Waals surface area contributed by atoms with Crippen molar-refractivity contribution in [2.75, 3.05) is 0 Å². The van der Waals surface area contributed by atoms with Crippen LogP contribution >= 0.6 is 12.4 Å². The minimum absolute atomic E-state index is 0. The molecule has 0 saturated heterocycles. The number of aliphatic hydroxyl groups is 1. The van der Waals surface area contributed by atoms with Crippen LogP contribution in [0.1, 0.15) is 28.7 Å². The average molecular weight is 353 g/mol. The Hall–Kier alpha value is -0.0617. The van der Waals surface area contributed by atoms with Gasteiger partial charge in [0.1, 0.15) is 0 Å². The van der Waals surface area contributed by atoms with Crippen molar-refractivity contribution < 1.29 is 26.2 Å². The van der Waals surface area contributed by atoms with Gasteiger partial charge in [-0.15, -0.1) is 12.4 Å². The number of hydrogen-bond acceptors (Lipinski definition) is 2. The SMILES string of the molecule is C.C.CC#N.CC(=N)O.Cl.[W]. The molecule has 0 rings (SSSR count). The summed E-state index contributed by atoms with van der Waals surface area (Å²) in [6.07, 6.45) is 0. The number of nitrogens with zero attached hydrogens (tertiary/aromatic N) is 1. The minimum atomic E-state index is -0.333. The fourth-order valence-corrected chi connectivity index (χ4v) is 0. The molecule has 0 bridgehead atoms. The summed E-state index contributed by atoms with van der Waals surface area (Å²) in [4.78, 5) is 0. The standard InChI is InChI=1S/C2H5NO.C2H3N.2CH4.ClH.W/c1-2(3)4;1-2-3;;;;/h1H3,(H2,3,4);1H3;2*1H4;1H;. The van der Waals surface area contributed by atoms with Gasteiger partial charge in [0.15, 0.2) is 5.90 Å². The van der Waals surface area contributed by atoms with Crippen LogP contribution in [0.25, 0.3) is 0 Å². The predicted molar refractivity (Wildman–Crippen MR) is 48.0 cm³/mol. The van der Waals surface area contributed by atoms with Crippen molar-refractivity contribution in [2.45, 2.75) is 28.7 Å². The van der Waals surface area contributed by atoms with Crippen LogP contribution in [0, 0.1) is 16.7 Å². The van der Waals surface area contributed by atoms with Crippen LogP contribution in [-0.2, 0) is 21.1 Å². The maximum Gasteiger partial charge on any atom is 0.174 e. The van der Waals surface area contributed by atoms with Gasteiger partial charge in [0, 0.05) is 34.9 Å². The molecule has 0 aliphatic heterocycles. The van der Waals surface area contributed by atoms with Gasteiger partial charge < -0.3 is 5.11 Å². The molecular weight excluding hydrogens is 335 g/mol. The molecule has 0 saturated carbocycles. The summed E-state index contributed by atoms with van der Waals surface area (Å²) in [5, 5.41) is 21.0. The molecule has 0 spiro atoms. The summed E-state index contributed by atoms with van der Waals surface area (Å²) in [6.45, 7) is 2.74. The molecule has 0 fully saturated rings. The van der Waals surface area contributed by atoms with E-state index >= 15 is 0 Å². The second-order valence-electron chi connectivity index (χ2n) is 0.809. The second kappa shape index (κ2) is 51.2. The Morgan fingerprint density at radius 3 is 1.45 bits per heavy atom. The first-order valence-electron chi connectivity index (χ1n) is 1.70. The molecule has 0 aliphatic rings. The Morgan fingerprint density at radius 2 is 1.45 bits per heavy atom. The molecule has 0 aromatic heterocycles. The molecule has 0 aromatic carbocycles. The smallest absolute Gasteiger partial charge is 0.174 e. The molecular formula is C6H17ClN2OW. The van der Waals surface area contributed by atoms with Gasteiger partial charge in [-0.1, -0.05) is 14.9 Å². The molecule has 0 unspecified atom stereocenters. The molecule has 0 radical (unpaired) electrons. The molecule has 2 N–H and O–H groups in total. The Labute approximate surface area is 90.0 Å². The normalized spacial score (nSPS) is 3.00. The first-order valence-corrected chi connectivity index (χ1v) is 1.70. The van der Waals surface area contributed by atoms with E-state index in [0.717, 1.165) is 0 Å². The topological polar surface area (TPSA) is 67.9 Å². The number of nitrogens with one attached hydrogen (secondary N) is 1. The summed E-state index contributed by atoms with van der Waals surface area (Å²) in [5.41, 5.74) is 0. The zero-order chi connectivity index (χ0) is 6.28. The van der Waals surface area contributed by atoms with Gasteiger partial charge in [-0.25, -0.2) is 0 Å². The Morgan fingerprint density at radius 1 is 1.45 bits per heavy atom. The van der Waals surface area contributed by atoms with Crippen LogP contribution in [0.3, 0.4) is 0 Å². The molecule has 3 nitrogen and oxygen atoms in total. The molecule has 70 valence electrons. The van der Waals surface area contributed by atoms with Gasteiger partial charge in [-0.2, -0.15) is 5.26 Å². The van der Waals surface area contributed by atoms with Gasteiger partial charge in [0.05, 0.1) is 6.07 Å². The van der Waals surface area contributed by atoms with Crippen molar-refractivity contribution in [3.8, 4) is 6.07 Å². The van der Waals surface area contributed by atoms with E-state index in [-0.39, 0.29) is 54.2 Å². The fraction of sp³-hybridized carbons (Fsp3) is 0.667. The maximum atomic E-state index is 7.64. The fourth-order valence-electron chi connectivity index (χ4n) is 0. The van der Waals surface area contributed by atoms with Gasteiger partial charge in [0.25, 0.3) is 0 Å². The van der Waals surface area contributed by atoms with Crippen LogP contribution in [-0.4, -0.2) is 11.0 Å². The van der Waals surface area contributed by atoms with Crippen molar-refractivity contribution in [3.05, 3.63) is 0 Å². The summed E-state index contributed by atoms with van der Waals surface area (Å²) in [7, 11) is 0. The van der Waals surface area contributed by atoms with E-state index in [2.05, 4.69) is 0 Å². The van der Waals surface area contributed by atoms with Gasteiger partial charge in [-0.05, 0) is 0 Å². The second-order valence-corrected chi connectivity index (χ2v) is 0.809. The summed E-state index contributed by atoms with van der Waals surface area (Å²) < 4.78 is 0. The third-order valence-corrected chi connectivity index (χ3v) is 0. The first-order chi connectivity index (χ1) is 3.15. The molecule has 0 aromatic rings. The molecule has 11 heavy (non-hydrogen) atoms. The van der Waals surface area contributed by atoms with Crippen LogP contribution < -0.4 is 0 Å². The quantitative estimate of drug-likeness (QED) is 0.520. The van der Waals surface area contributed by atoms with E-state index in [4.69, 9.17) is 15.8 Å². The van der Waals surface area contributed by atoms with E-state index in [1.807, 2.05) is 0 Å². The van der Waals surface area contributed by atoms with Crippen molar-refractivity contribution in [2.24, 2.45) is 0 Å². The Bertz CT molecular complexity index is 89.1.